The van der Waals surface area contributed by atoms with Crippen LogP contribution in [0.4, 0.5) is 0 Å². The summed E-state index contributed by atoms with van der Waals surface area (Å²) in [4.78, 5) is 10.9. The molecule has 2 rings (SSSR count). The van der Waals surface area contributed by atoms with E-state index in [4.69, 9.17) is 0 Å². The van der Waals surface area contributed by atoms with Gasteiger partial charge in [0.05, 0.1) is 0 Å². The molecule has 17 heavy (non-hydrogen) atoms. The van der Waals surface area contributed by atoms with Gasteiger partial charge in [-0.2, -0.15) is 0 Å². The Morgan fingerprint density at radius 1 is 1.29 bits per heavy atom. The van der Waals surface area contributed by atoms with Gasteiger partial charge in [-0.25, -0.2) is 0 Å². The lowest BCUT2D eigenvalue weighted by molar-refractivity contribution is -0.122. The zero-order chi connectivity index (χ0) is 12.3. The smallest absolute Gasteiger partial charge is 0.219 e. The molecule has 1 unspecified atom stereocenters. The molecule has 1 aromatic heterocycles. The van der Waals surface area contributed by atoms with E-state index in [1.165, 1.54) is 6.92 Å². The SMILES string of the molecule is CC(=O)NC(O)c1cccc(-n2cccc2)c1. The topological polar surface area (TPSA) is 54.3 Å². The molecule has 4 nitrogen and oxygen atoms in total. The molecule has 1 heterocycles. The van der Waals surface area contributed by atoms with Crippen molar-refractivity contribution in [1.29, 1.82) is 0 Å². The van der Waals surface area contributed by atoms with Crippen molar-refractivity contribution in [3.8, 4) is 5.69 Å². The molecule has 0 saturated carbocycles. The fourth-order valence-electron chi connectivity index (χ4n) is 1.64. The van der Waals surface area contributed by atoms with E-state index >= 15 is 0 Å². The molecule has 2 aromatic rings. The largest absolute Gasteiger partial charge is 0.369 e. The van der Waals surface area contributed by atoms with Gasteiger partial charge in [-0.05, 0) is 24.3 Å². The molecule has 0 bridgehead atoms. The van der Waals surface area contributed by atoms with Gasteiger partial charge < -0.3 is 15.0 Å². The molecular weight excluding hydrogens is 216 g/mol. The van der Waals surface area contributed by atoms with Gasteiger partial charge in [-0.1, -0.05) is 12.1 Å². The van der Waals surface area contributed by atoms with E-state index in [2.05, 4.69) is 5.32 Å². The van der Waals surface area contributed by atoms with Gasteiger partial charge in [-0.15, -0.1) is 0 Å². The number of rotatable bonds is 3. The average Bonchev–Trinajstić information content (AvgIpc) is 2.82. The van der Waals surface area contributed by atoms with Crippen LogP contribution in [-0.4, -0.2) is 15.6 Å². The Kier molecular flexibility index (Phi) is 3.25. The number of benzene rings is 1. The number of hydrogen-bond donors (Lipinski definition) is 2. The standard InChI is InChI=1S/C13H14N2O2/c1-10(16)14-13(17)11-5-4-6-12(9-11)15-7-2-3-8-15/h2-9,13,17H,1H3,(H,14,16). The molecule has 0 saturated heterocycles. The van der Waals surface area contributed by atoms with Crippen molar-refractivity contribution < 1.29 is 9.90 Å². The van der Waals surface area contributed by atoms with Crippen LogP contribution in [-0.2, 0) is 4.79 Å². The van der Waals surface area contributed by atoms with E-state index in [0.717, 1.165) is 5.69 Å². The third-order valence-electron chi connectivity index (χ3n) is 2.43. The summed E-state index contributed by atoms with van der Waals surface area (Å²) in [5.41, 5.74) is 1.60. The van der Waals surface area contributed by atoms with Crippen molar-refractivity contribution in [2.24, 2.45) is 0 Å². The number of carbonyl (C=O) groups is 1. The van der Waals surface area contributed by atoms with Crippen LogP contribution in [0.5, 0.6) is 0 Å². The Labute approximate surface area is 99.5 Å². The minimum atomic E-state index is -0.969. The third kappa shape index (κ3) is 2.73. The summed E-state index contributed by atoms with van der Waals surface area (Å²) >= 11 is 0. The first-order valence-corrected chi connectivity index (χ1v) is 5.35. The van der Waals surface area contributed by atoms with E-state index in [1.54, 1.807) is 6.07 Å². The fourth-order valence-corrected chi connectivity index (χ4v) is 1.64. The maximum Gasteiger partial charge on any atom is 0.219 e. The Balaban J connectivity index is 2.25. The Morgan fingerprint density at radius 3 is 2.65 bits per heavy atom. The van der Waals surface area contributed by atoms with E-state index in [0.29, 0.717) is 5.56 Å². The summed E-state index contributed by atoms with van der Waals surface area (Å²) < 4.78 is 1.93. The Hall–Kier alpha value is -2.07. The highest BCUT2D eigenvalue weighted by molar-refractivity contribution is 5.73. The van der Waals surface area contributed by atoms with Gasteiger partial charge in [-0.3, -0.25) is 4.79 Å². The minimum Gasteiger partial charge on any atom is -0.369 e. The molecule has 0 fully saturated rings. The maximum atomic E-state index is 10.9. The first-order chi connectivity index (χ1) is 8.16. The fraction of sp³-hybridized carbons (Fsp3) is 0.154. The summed E-state index contributed by atoms with van der Waals surface area (Å²) in [5.74, 6) is -0.260. The van der Waals surface area contributed by atoms with Gasteiger partial charge in [0, 0.05) is 30.6 Å². The second-order valence-corrected chi connectivity index (χ2v) is 3.79. The van der Waals surface area contributed by atoms with E-state index in [-0.39, 0.29) is 5.91 Å². The van der Waals surface area contributed by atoms with Crippen molar-refractivity contribution in [2.45, 2.75) is 13.2 Å². The van der Waals surface area contributed by atoms with Crippen molar-refractivity contribution in [1.82, 2.24) is 9.88 Å². The molecule has 0 radical (unpaired) electrons. The molecule has 0 spiro atoms. The highest BCUT2D eigenvalue weighted by atomic mass is 16.3. The van der Waals surface area contributed by atoms with Gasteiger partial charge >= 0.3 is 0 Å². The van der Waals surface area contributed by atoms with Crippen LogP contribution >= 0.6 is 0 Å². The van der Waals surface area contributed by atoms with E-state index < -0.39 is 6.23 Å². The molecule has 0 aliphatic rings. The summed E-state index contributed by atoms with van der Waals surface area (Å²) in [6, 6.07) is 11.2. The predicted octanol–water partition coefficient (Wildman–Crippen LogP) is 1.60. The molecule has 1 atom stereocenters. The highest BCUT2D eigenvalue weighted by Crippen LogP contribution is 2.15. The van der Waals surface area contributed by atoms with E-state index in [9.17, 15) is 9.90 Å². The van der Waals surface area contributed by atoms with Crippen molar-refractivity contribution in [3.63, 3.8) is 0 Å². The number of hydrogen-bond acceptors (Lipinski definition) is 2. The quantitative estimate of drug-likeness (QED) is 0.787. The van der Waals surface area contributed by atoms with Crippen LogP contribution in [0.15, 0.2) is 48.8 Å². The van der Waals surface area contributed by atoms with Crippen molar-refractivity contribution in [3.05, 3.63) is 54.4 Å². The molecule has 88 valence electrons. The lowest BCUT2D eigenvalue weighted by Crippen LogP contribution is -2.25. The normalized spacial score (nSPS) is 12.1. The Bertz CT molecular complexity index is 506. The third-order valence-corrected chi connectivity index (χ3v) is 2.43. The zero-order valence-corrected chi connectivity index (χ0v) is 9.50. The monoisotopic (exact) mass is 230 g/mol. The zero-order valence-electron chi connectivity index (χ0n) is 9.50. The second-order valence-electron chi connectivity index (χ2n) is 3.79. The number of nitrogens with zero attached hydrogens (tertiary/aromatic N) is 1. The number of aliphatic hydroxyl groups is 1. The van der Waals surface area contributed by atoms with Crippen LogP contribution in [0.2, 0.25) is 0 Å². The molecular formula is C13H14N2O2. The molecule has 0 aliphatic carbocycles. The van der Waals surface area contributed by atoms with Gasteiger partial charge in [0.1, 0.15) is 0 Å². The van der Waals surface area contributed by atoms with Crippen LogP contribution in [0.3, 0.4) is 0 Å². The van der Waals surface area contributed by atoms with Crippen molar-refractivity contribution in [2.75, 3.05) is 0 Å². The lowest BCUT2D eigenvalue weighted by Gasteiger charge is -2.13. The van der Waals surface area contributed by atoms with Gasteiger partial charge in [0.15, 0.2) is 6.23 Å². The molecule has 0 aliphatic heterocycles. The molecule has 1 aromatic carbocycles. The van der Waals surface area contributed by atoms with Crippen LogP contribution in [0.25, 0.3) is 5.69 Å². The number of nitrogens with one attached hydrogen (secondary N) is 1. The summed E-state index contributed by atoms with van der Waals surface area (Å²) in [5, 5.41) is 12.2. The summed E-state index contributed by atoms with van der Waals surface area (Å²) in [6.07, 6.45) is 2.87. The van der Waals surface area contributed by atoms with Crippen LogP contribution in [0, 0.1) is 0 Å². The van der Waals surface area contributed by atoms with Gasteiger partial charge in [0.2, 0.25) is 5.91 Å². The van der Waals surface area contributed by atoms with Gasteiger partial charge in [0.25, 0.3) is 0 Å². The predicted molar refractivity (Wildman–Crippen MR) is 64.5 cm³/mol. The number of aliphatic hydroxyl groups excluding tert-OH is 1. The first kappa shape index (κ1) is 11.4. The van der Waals surface area contributed by atoms with E-state index in [1.807, 2.05) is 47.3 Å². The van der Waals surface area contributed by atoms with Crippen LogP contribution in [0.1, 0.15) is 18.7 Å². The number of aromatic nitrogens is 1. The lowest BCUT2D eigenvalue weighted by atomic mass is 10.1. The Morgan fingerprint density at radius 2 is 2.00 bits per heavy atom. The summed E-state index contributed by atoms with van der Waals surface area (Å²) in [7, 11) is 0. The number of amides is 1. The highest BCUT2D eigenvalue weighted by Gasteiger charge is 2.08. The second kappa shape index (κ2) is 4.84. The average molecular weight is 230 g/mol. The molecule has 2 N–H and O–H groups in total. The maximum absolute atomic E-state index is 10.9. The first-order valence-electron chi connectivity index (χ1n) is 5.35. The summed E-state index contributed by atoms with van der Waals surface area (Å²) in [6.45, 7) is 1.37. The number of carbonyl (C=O) groups excluding carboxylic acids is 1. The van der Waals surface area contributed by atoms with Crippen LogP contribution < -0.4 is 5.32 Å². The molecule has 4 heteroatoms. The van der Waals surface area contributed by atoms with Crippen molar-refractivity contribution >= 4 is 5.91 Å². The molecule has 1 amide bonds. The minimum absolute atomic E-state index is 0.260.